The summed E-state index contributed by atoms with van der Waals surface area (Å²) >= 11 is 1.87. The Labute approximate surface area is 99.6 Å². The molecule has 1 unspecified atom stereocenters. The second-order valence-electron chi connectivity index (χ2n) is 3.86. The molecule has 16 heavy (non-hydrogen) atoms. The molecule has 0 radical (unpaired) electrons. The number of carbonyl (C=O) groups is 2. The fourth-order valence-electron chi connectivity index (χ4n) is 1.49. The molecule has 0 aliphatic carbocycles. The average molecular weight is 246 g/mol. The van der Waals surface area contributed by atoms with E-state index in [-0.39, 0.29) is 6.03 Å². The summed E-state index contributed by atoms with van der Waals surface area (Å²) < 4.78 is 0. The lowest BCUT2D eigenvalue weighted by molar-refractivity contribution is -0.138. The van der Waals surface area contributed by atoms with Gasteiger partial charge in [-0.25, -0.2) is 4.79 Å². The molecule has 0 aromatic carbocycles. The van der Waals surface area contributed by atoms with E-state index in [0.717, 1.165) is 12.2 Å². The molecule has 0 saturated carbocycles. The van der Waals surface area contributed by atoms with E-state index in [2.05, 4.69) is 12.2 Å². The number of carboxylic acids is 1. The first-order valence-electron chi connectivity index (χ1n) is 5.44. The van der Waals surface area contributed by atoms with Crippen LogP contribution < -0.4 is 5.32 Å². The minimum Gasteiger partial charge on any atom is -0.480 e. The number of carboxylic acid groups (broad SMARTS) is 1. The van der Waals surface area contributed by atoms with E-state index in [1.54, 1.807) is 4.90 Å². The number of thioether (sulfide) groups is 1. The largest absolute Gasteiger partial charge is 0.480 e. The number of carbonyl (C=O) groups excluding carboxylic acids is 1. The maximum Gasteiger partial charge on any atom is 0.325 e. The summed E-state index contributed by atoms with van der Waals surface area (Å²) in [5.74, 6) is -0.0836. The van der Waals surface area contributed by atoms with E-state index >= 15 is 0 Å². The first-order chi connectivity index (χ1) is 7.54. The van der Waals surface area contributed by atoms with Crippen molar-refractivity contribution in [3.05, 3.63) is 0 Å². The van der Waals surface area contributed by atoms with Crippen molar-refractivity contribution < 1.29 is 14.7 Å². The Balaban J connectivity index is 2.44. The zero-order chi connectivity index (χ0) is 12.1. The molecule has 1 saturated heterocycles. The number of hydrogen-bond donors (Lipinski definition) is 2. The van der Waals surface area contributed by atoms with Crippen molar-refractivity contribution in [3.8, 4) is 0 Å². The van der Waals surface area contributed by atoms with Gasteiger partial charge in [-0.05, 0) is 13.3 Å². The maximum atomic E-state index is 11.7. The number of amides is 2. The molecule has 1 fully saturated rings. The Hall–Kier alpha value is -0.910. The van der Waals surface area contributed by atoms with Gasteiger partial charge in [0.25, 0.3) is 0 Å². The van der Waals surface area contributed by atoms with Gasteiger partial charge in [-0.1, -0.05) is 6.92 Å². The SMILES string of the molecule is CCC1CN(C(=O)N[C@@H](C)C(=O)O)CCS1. The van der Waals surface area contributed by atoms with Crippen molar-refractivity contribution in [2.24, 2.45) is 0 Å². The van der Waals surface area contributed by atoms with Crippen LogP contribution in [0.15, 0.2) is 0 Å². The third kappa shape index (κ3) is 3.59. The second-order valence-corrected chi connectivity index (χ2v) is 5.26. The lowest BCUT2D eigenvalue weighted by Crippen LogP contribution is -2.50. The number of aliphatic carboxylic acids is 1. The molecular weight excluding hydrogens is 228 g/mol. The van der Waals surface area contributed by atoms with Crippen LogP contribution in [0.4, 0.5) is 4.79 Å². The van der Waals surface area contributed by atoms with E-state index in [9.17, 15) is 9.59 Å². The lowest BCUT2D eigenvalue weighted by Gasteiger charge is -2.32. The fourth-order valence-corrected chi connectivity index (χ4v) is 2.67. The first kappa shape index (κ1) is 13.2. The van der Waals surface area contributed by atoms with Gasteiger partial charge in [-0.15, -0.1) is 0 Å². The predicted molar refractivity (Wildman–Crippen MR) is 63.7 cm³/mol. The summed E-state index contributed by atoms with van der Waals surface area (Å²) in [6.07, 6.45) is 1.03. The van der Waals surface area contributed by atoms with E-state index < -0.39 is 12.0 Å². The predicted octanol–water partition coefficient (Wildman–Crippen LogP) is 0.996. The molecule has 1 aliphatic rings. The zero-order valence-corrected chi connectivity index (χ0v) is 10.4. The summed E-state index contributed by atoms with van der Waals surface area (Å²) in [6, 6.07) is -1.10. The minimum atomic E-state index is -1.01. The Morgan fingerprint density at radius 1 is 1.62 bits per heavy atom. The minimum absolute atomic E-state index is 0.270. The quantitative estimate of drug-likeness (QED) is 0.779. The van der Waals surface area contributed by atoms with Crippen molar-refractivity contribution in [3.63, 3.8) is 0 Å². The Bertz CT molecular complexity index is 273. The van der Waals surface area contributed by atoms with Gasteiger partial charge in [0, 0.05) is 24.1 Å². The maximum absolute atomic E-state index is 11.7. The van der Waals surface area contributed by atoms with Gasteiger partial charge in [-0.2, -0.15) is 11.8 Å². The molecule has 2 N–H and O–H groups in total. The number of urea groups is 1. The van der Waals surface area contributed by atoms with Crippen molar-refractivity contribution in [2.45, 2.75) is 31.6 Å². The van der Waals surface area contributed by atoms with Gasteiger partial charge in [0.05, 0.1) is 0 Å². The molecule has 2 amide bonds. The van der Waals surface area contributed by atoms with Crippen LogP contribution >= 0.6 is 11.8 Å². The number of nitrogens with zero attached hydrogens (tertiary/aromatic N) is 1. The third-order valence-corrected chi connectivity index (χ3v) is 3.96. The standard InChI is InChI=1S/C10H18N2O3S/c1-3-8-6-12(4-5-16-8)10(15)11-7(2)9(13)14/h7-8H,3-6H2,1-2H3,(H,11,15)(H,13,14)/t7-,8?/m0/s1. The average Bonchev–Trinajstić information content (AvgIpc) is 2.28. The fraction of sp³-hybridized carbons (Fsp3) is 0.800. The number of nitrogens with one attached hydrogen (secondary N) is 1. The normalized spacial score (nSPS) is 22.6. The van der Waals surface area contributed by atoms with Crippen LogP contribution in [-0.4, -0.2) is 52.1 Å². The summed E-state index contributed by atoms with van der Waals surface area (Å²) in [7, 11) is 0. The van der Waals surface area contributed by atoms with Crippen LogP contribution in [0.2, 0.25) is 0 Å². The molecule has 0 bridgehead atoms. The molecule has 1 aliphatic heterocycles. The smallest absolute Gasteiger partial charge is 0.325 e. The van der Waals surface area contributed by atoms with Gasteiger partial charge in [0.15, 0.2) is 0 Å². The topological polar surface area (TPSA) is 69.6 Å². The van der Waals surface area contributed by atoms with E-state index in [1.807, 2.05) is 11.8 Å². The van der Waals surface area contributed by atoms with E-state index in [4.69, 9.17) is 5.11 Å². The van der Waals surface area contributed by atoms with Gasteiger partial charge in [0.1, 0.15) is 6.04 Å². The molecule has 2 atom stereocenters. The summed E-state index contributed by atoms with van der Waals surface area (Å²) in [4.78, 5) is 24.0. The highest BCUT2D eigenvalue weighted by molar-refractivity contribution is 8.00. The Morgan fingerprint density at radius 3 is 2.88 bits per heavy atom. The molecule has 92 valence electrons. The van der Waals surface area contributed by atoms with Crippen LogP contribution in [0.5, 0.6) is 0 Å². The van der Waals surface area contributed by atoms with Crippen molar-refractivity contribution in [1.82, 2.24) is 10.2 Å². The van der Waals surface area contributed by atoms with Crippen molar-refractivity contribution in [2.75, 3.05) is 18.8 Å². The van der Waals surface area contributed by atoms with Crippen LogP contribution in [-0.2, 0) is 4.79 Å². The Kier molecular flexibility index (Phi) is 4.92. The van der Waals surface area contributed by atoms with Crippen molar-refractivity contribution in [1.29, 1.82) is 0 Å². The van der Waals surface area contributed by atoms with Gasteiger partial charge < -0.3 is 15.3 Å². The highest BCUT2D eigenvalue weighted by Crippen LogP contribution is 2.20. The molecule has 6 heteroatoms. The zero-order valence-electron chi connectivity index (χ0n) is 9.60. The van der Waals surface area contributed by atoms with Gasteiger partial charge in [0.2, 0.25) is 0 Å². The third-order valence-electron chi connectivity index (χ3n) is 2.59. The molecule has 1 rings (SSSR count). The highest BCUT2D eigenvalue weighted by atomic mass is 32.2. The van der Waals surface area contributed by atoms with Gasteiger partial charge in [-0.3, -0.25) is 4.79 Å². The van der Waals surface area contributed by atoms with Crippen LogP contribution in [0, 0.1) is 0 Å². The molecule has 0 aromatic rings. The van der Waals surface area contributed by atoms with Crippen LogP contribution in [0.1, 0.15) is 20.3 Å². The van der Waals surface area contributed by atoms with Crippen LogP contribution in [0.3, 0.4) is 0 Å². The lowest BCUT2D eigenvalue weighted by atomic mass is 10.3. The summed E-state index contributed by atoms with van der Waals surface area (Å²) in [5.41, 5.74) is 0. The first-order valence-corrected chi connectivity index (χ1v) is 6.49. The Morgan fingerprint density at radius 2 is 2.31 bits per heavy atom. The second kappa shape index (κ2) is 5.98. The van der Waals surface area contributed by atoms with Gasteiger partial charge >= 0.3 is 12.0 Å². The van der Waals surface area contributed by atoms with E-state index in [1.165, 1.54) is 6.92 Å². The molecular formula is C10H18N2O3S. The summed E-state index contributed by atoms with van der Waals surface area (Å²) in [6.45, 7) is 4.97. The number of hydrogen-bond acceptors (Lipinski definition) is 3. The molecule has 1 heterocycles. The monoisotopic (exact) mass is 246 g/mol. The number of rotatable bonds is 3. The highest BCUT2D eigenvalue weighted by Gasteiger charge is 2.24. The molecule has 0 aromatic heterocycles. The van der Waals surface area contributed by atoms with Crippen LogP contribution in [0.25, 0.3) is 0 Å². The summed E-state index contributed by atoms with van der Waals surface area (Å²) in [5, 5.41) is 11.6. The van der Waals surface area contributed by atoms with E-state index in [0.29, 0.717) is 18.3 Å². The molecule has 0 spiro atoms. The molecule has 5 nitrogen and oxygen atoms in total. The van der Waals surface area contributed by atoms with Crippen molar-refractivity contribution >= 4 is 23.8 Å².